The Morgan fingerprint density at radius 3 is 0.403 bits per heavy atom. The molecule has 0 unspecified atom stereocenters. The van der Waals surface area contributed by atoms with Gasteiger partial charge < -0.3 is 176 Å². The number of hydrogen-bond donors (Lipinski definition) is 20. The number of aliphatic hydroxyl groups is 20. The summed E-state index contributed by atoms with van der Waals surface area (Å²) in [5, 5.41) is 224. The number of rotatable bonds is 25. The molecule has 0 saturated carbocycles. The molecule has 0 heterocycles. The molecule has 0 rings (SSSR count). The standard InChI is InChI=1S/5C6H10O7.K.Ti/c5*7-1-2(8)3(9)4(10)5(11)6(12)13;;/h5*1-5,8-11H,(H,12,13);;/q;;;;;+1;+4/p-5/t5*2-,3+,4-,5-;;/m00000../s1. The van der Waals surface area contributed by atoms with E-state index in [0.717, 1.165) is 0 Å². The van der Waals surface area contributed by atoms with Crippen molar-refractivity contribution >= 4 is 61.3 Å². The van der Waals surface area contributed by atoms with Crippen molar-refractivity contribution in [1.29, 1.82) is 0 Å². The van der Waals surface area contributed by atoms with Crippen LogP contribution < -0.4 is 76.9 Å². The molecule has 0 aromatic heterocycles. The second-order valence-corrected chi connectivity index (χ2v) is 11.9. The van der Waals surface area contributed by atoms with Gasteiger partial charge in [-0.3, -0.25) is 0 Å². The fraction of sp³-hybridized carbons (Fsp3) is 0.667. The summed E-state index contributed by atoms with van der Waals surface area (Å²) < 4.78 is 0. The first-order valence-corrected chi connectivity index (χ1v) is 16.5. The van der Waals surface area contributed by atoms with Crippen molar-refractivity contribution in [2.45, 2.75) is 122 Å². The van der Waals surface area contributed by atoms with Gasteiger partial charge in [0.05, 0.1) is 29.8 Å². The van der Waals surface area contributed by atoms with Crippen molar-refractivity contribution in [1.82, 2.24) is 0 Å². The Morgan fingerprint density at radius 2 is 0.343 bits per heavy atom. The normalized spacial score (nSPS) is 19.4. The van der Waals surface area contributed by atoms with Gasteiger partial charge in [-0.2, -0.15) is 0 Å². The van der Waals surface area contributed by atoms with Crippen LogP contribution in [0.5, 0.6) is 0 Å². The van der Waals surface area contributed by atoms with Crippen LogP contribution in [-0.4, -0.2) is 285 Å². The molecular formula is C30H45KO35Ti. The van der Waals surface area contributed by atoms with Crippen LogP contribution in [0.4, 0.5) is 0 Å². The number of carboxylic acid groups (broad SMARTS) is 5. The largest absolute Gasteiger partial charge is 4.00 e. The minimum absolute atomic E-state index is 0. The summed E-state index contributed by atoms with van der Waals surface area (Å²) in [5.41, 5.74) is 0. The number of aliphatic hydroxyl groups excluding tert-OH is 20. The fourth-order valence-corrected chi connectivity index (χ4v) is 3.04. The first kappa shape index (κ1) is 78.4. The average molecular weight is 1050 g/mol. The Hall–Kier alpha value is -2.75. The number of carbonyl (C=O) groups is 10. The molecule has 0 radical (unpaired) electrons. The van der Waals surface area contributed by atoms with Gasteiger partial charge in [0.25, 0.3) is 0 Å². The predicted octanol–water partition coefficient (Wildman–Crippen LogP) is -26.1. The molecule has 0 amide bonds. The van der Waals surface area contributed by atoms with Crippen molar-refractivity contribution in [3.05, 3.63) is 0 Å². The van der Waals surface area contributed by atoms with Crippen molar-refractivity contribution in [3.8, 4) is 0 Å². The zero-order chi connectivity index (χ0) is 53.0. The van der Waals surface area contributed by atoms with E-state index in [4.69, 9.17) is 102 Å². The third-order valence-electron chi connectivity index (χ3n) is 7.02. The summed E-state index contributed by atoms with van der Waals surface area (Å²) in [6.45, 7) is 0. The quantitative estimate of drug-likeness (QED) is 0.0298. The molecule has 0 aromatic carbocycles. The molecule has 0 aliphatic rings. The monoisotopic (exact) mass is 1050 g/mol. The molecule has 0 saturated heterocycles. The molecule has 0 bridgehead atoms. The first-order valence-electron chi connectivity index (χ1n) is 16.5. The first-order chi connectivity index (χ1) is 29.6. The Kier molecular flexibility index (Phi) is 48.1. The SMILES string of the molecule is O=C[C@H](O)[C@@H](O)[C@H](O)[C@H](O)C(=O)[O-].O=C[C@H](O)[C@@H](O)[C@H](O)[C@H](O)C(=O)[O-].O=C[C@H](O)[C@@H](O)[C@H](O)[C@H](O)C(=O)[O-].O=C[C@H](O)[C@@H](O)[C@H](O)[C@H](O)C(=O)[O-].O=C[C@H](O)[C@@H](O)[C@H](O)[C@H](O)C(=O)[O-].[K+].[Ti+4]. The van der Waals surface area contributed by atoms with Crippen molar-refractivity contribution in [2.75, 3.05) is 0 Å². The Morgan fingerprint density at radius 1 is 0.254 bits per heavy atom. The van der Waals surface area contributed by atoms with E-state index < -0.39 is 152 Å². The van der Waals surface area contributed by atoms with Gasteiger partial charge in [-0.05, 0) is 0 Å². The van der Waals surface area contributed by atoms with Crippen molar-refractivity contribution in [2.24, 2.45) is 0 Å². The van der Waals surface area contributed by atoms with Crippen molar-refractivity contribution in [3.63, 3.8) is 0 Å². The summed E-state index contributed by atoms with van der Waals surface area (Å²) in [4.78, 5) is 99.2. The number of hydrogen-bond acceptors (Lipinski definition) is 35. The number of aliphatic carboxylic acids is 5. The molecule has 0 spiro atoms. The summed E-state index contributed by atoms with van der Waals surface area (Å²) in [5.74, 6) is -10.0. The van der Waals surface area contributed by atoms with Crippen molar-refractivity contribution < 1.29 is 249 Å². The van der Waals surface area contributed by atoms with E-state index in [9.17, 15) is 73.5 Å². The molecule has 20 N–H and O–H groups in total. The fourth-order valence-electron chi connectivity index (χ4n) is 3.04. The Balaban J connectivity index is -0.000000133. The molecule has 380 valence electrons. The van der Waals surface area contributed by atoms with Gasteiger partial charge in [-0.15, -0.1) is 0 Å². The number of carbonyl (C=O) groups excluding carboxylic acids is 10. The van der Waals surface area contributed by atoms with Gasteiger partial charge in [-0.25, -0.2) is 0 Å². The van der Waals surface area contributed by atoms with E-state index in [2.05, 4.69) is 0 Å². The van der Waals surface area contributed by atoms with Crippen LogP contribution in [0.1, 0.15) is 0 Å². The van der Waals surface area contributed by atoms with Gasteiger partial charge in [0.15, 0.2) is 31.4 Å². The van der Waals surface area contributed by atoms with Crippen LogP contribution in [0.3, 0.4) is 0 Å². The zero-order valence-electron chi connectivity index (χ0n) is 33.5. The van der Waals surface area contributed by atoms with E-state index in [-0.39, 0.29) is 105 Å². The predicted molar refractivity (Wildman–Crippen MR) is 175 cm³/mol. The molecule has 37 heteroatoms. The van der Waals surface area contributed by atoms with Crippen LogP contribution in [0, 0.1) is 0 Å². The molecule has 0 aliphatic heterocycles. The van der Waals surface area contributed by atoms with Crippen LogP contribution in [0.2, 0.25) is 0 Å². The topological polar surface area (TPSA) is 691 Å². The van der Waals surface area contributed by atoms with Crippen LogP contribution in [0.15, 0.2) is 0 Å². The van der Waals surface area contributed by atoms with Crippen LogP contribution >= 0.6 is 0 Å². The molecular weight excluding hydrogens is 1010 g/mol. The Bertz CT molecular complexity index is 1220. The number of aldehydes is 5. The molecule has 0 aromatic rings. The molecule has 0 fully saturated rings. The molecule has 20 atom stereocenters. The summed E-state index contributed by atoms with van der Waals surface area (Å²) in [7, 11) is 0. The van der Waals surface area contributed by atoms with Gasteiger partial charge >= 0.3 is 73.1 Å². The minimum Gasteiger partial charge on any atom is -0.547 e. The van der Waals surface area contributed by atoms with E-state index >= 15 is 0 Å². The van der Waals surface area contributed by atoms with Gasteiger partial charge in [-0.1, -0.05) is 0 Å². The van der Waals surface area contributed by atoms with E-state index in [1.165, 1.54) is 0 Å². The maximum absolute atomic E-state index is 9.95. The molecule has 35 nitrogen and oxygen atoms in total. The summed E-state index contributed by atoms with van der Waals surface area (Å²) >= 11 is 0. The van der Waals surface area contributed by atoms with Gasteiger partial charge in [0.2, 0.25) is 0 Å². The minimum atomic E-state index is -2.36. The van der Waals surface area contributed by atoms with E-state index in [0.29, 0.717) is 0 Å². The summed E-state index contributed by atoms with van der Waals surface area (Å²) in [6.07, 6.45) is -43.3. The molecule has 67 heavy (non-hydrogen) atoms. The van der Waals surface area contributed by atoms with Crippen LogP contribution in [-0.2, 0) is 69.7 Å². The smallest absolute Gasteiger partial charge is 0.547 e. The maximum Gasteiger partial charge on any atom is 4.00 e. The average Bonchev–Trinajstić information content (AvgIpc) is 3.28. The number of carboxylic acids is 5. The Labute approximate surface area is 429 Å². The third kappa shape index (κ3) is 31.2. The second kappa shape index (κ2) is 41.1. The molecule has 0 aliphatic carbocycles. The zero-order valence-corrected chi connectivity index (χ0v) is 38.2. The summed E-state index contributed by atoms with van der Waals surface area (Å²) in [6, 6.07) is 0. The van der Waals surface area contributed by atoms with E-state index in [1.54, 1.807) is 0 Å². The second-order valence-electron chi connectivity index (χ2n) is 11.9. The van der Waals surface area contributed by atoms with E-state index in [1.807, 2.05) is 0 Å². The van der Waals surface area contributed by atoms with Gasteiger partial charge in [0, 0.05) is 0 Å². The van der Waals surface area contributed by atoms with Crippen LogP contribution in [0.25, 0.3) is 0 Å². The van der Waals surface area contributed by atoms with Gasteiger partial charge in [0.1, 0.15) is 122 Å². The third-order valence-corrected chi connectivity index (χ3v) is 7.02. The maximum atomic E-state index is 9.95.